The normalized spacial score (nSPS) is 13.5. The first kappa shape index (κ1) is 16.2. The maximum Gasteiger partial charge on any atom is 0.405 e. The van der Waals surface area contributed by atoms with E-state index in [1.165, 1.54) is 6.92 Å². The number of hydrogen-bond acceptors (Lipinski definition) is 3. The highest BCUT2D eigenvalue weighted by atomic mass is 19.4. The molecule has 1 atom stereocenters. The summed E-state index contributed by atoms with van der Waals surface area (Å²) < 4.78 is 35.4. The van der Waals surface area contributed by atoms with E-state index in [2.05, 4.69) is 5.32 Å². The van der Waals surface area contributed by atoms with Crippen molar-refractivity contribution in [2.75, 3.05) is 19.7 Å². The molecule has 0 saturated heterocycles. The molecule has 1 amide bonds. The van der Waals surface area contributed by atoms with E-state index in [-0.39, 0.29) is 6.61 Å². The van der Waals surface area contributed by atoms with E-state index in [9.17, 15) is 18.0 Å². The molecule has 1 unspecified atom stereocenters. The van der Waals surface area contributed by atoms with Crippen LogP contribution in [0.25, 0.3) is 0 Å². The van der Waals surface area contributed by atoms with E-state index in [1.807, 2.05) is 5.32 Å². The second-order valence-electron chi connectivity index (χ2n) is 3.79. The summed E-state index contributed by atoms with van der Waals surface area (Å²) in [5.74, 6) is -0.663. The molecule has 0 aromatic heterocycles. The van der Waals surface area contributed by atoms with Crippen LogP contribution in [0.4, 0.5) is 13.2 Å². The van der Waals surface area contributed by atoms with E-state index in [0.29, 0.717) is 13.0 Å². The fourth-order valence-electron chi connectivity index (χ4n) is 1.17. The number of nitrogens with one attached hydrogen (secondary N) is 2. The number of unbranched alkanes of at least 4 members (excludes halogenated alkanes) is 2. The molecule has 0 aromatic rings. The molecule has 4 nitrogen and oxygen atoms in total. The van der Waals surface area contributed by atoms with E-state index < -0.39 is 24.7 Å². The minimum Gasteiger partial charge on any atom is -0.396 e. The quantitative estimate of drug-likeness (QED) is 0.563. The van der Waals surface area contributed by atoms with Gasteiger partial charge in [-0.05, 0) is 32.7 Å². The summed E-state index contributed by atoms with van der Waals surface area (Å²) in [5.41, 5.74) is 0. The zero-order valence-corrected chi connectivity index (χ0v) is 9.81. The maximum absolute atomic E-state index is 11.8. The molecule has 0 rings (SSSR count). The molecule has 7 heteroatoms. The van der Waals surface area contributed by atoms with Gasteiger partial charge in [0.2, 0.25) is 5.91 Å². The Morgan fingerprint density at radius 3 is 2.47 bits per heavy atom. The van der Waals surface area contributed by atoms with Crippen LogP contribution in [0.15, 0.2) is 0 Å². The summed E-state index contributed by atoms with van der Waals surface area (Å²) in [4.78, 5) is 11.2. The van der Waals surface area contributed by atoms with Gasteiger partial charge in [0.05, 0.1) is 6.04 Å². The van der Waals surface area contributed by atoms with Gasteiger partial charge in [0, 0.05) is 6.61 Å². The van der Waals surface area contributed by atoms with Gasteiger partial charge in [-0.1, -0.05) is 0 Å². The number of rotatable bonds is 8. The fraction of sp³-hybridized carbons (Fsp3) is 0.900. The first-order chi connectivity index (χ1) is 7.87. The first-order valence-corrected chi connectivity index (χ1v) is 5.55. The van der Waals surface area contributed by atoms with Crippen molar-refractivity contribution in [3.63, 3.8) is 0 Å². The van der Waals surface area contributed by atoms with Gasteiger partial charge in [-0.25, -0.2) is 0 Å². The minimum absolute atomic E-state index is 0.127. The third kappa shape index (κ3) is 10.1. The molecule has 0 fully saturated rings. The summed E-state index contributed by atoms with van der Waals surface area (Å²) in [5, 5.41) is 13.1. The standard InChI is InChI=1S/C10H19F3N2O2/c1-8(14-5-3-2-4-6-16)9(17)15-7-10(11,12)13/h8,14,16H,2-7H2,1H3,(H,15,17). The van der Waals surface area contributed by atoms with E-state index in [1.54, 1.807) is 0 Å². The van der Waals surface area contributed by atoms with Crippen LogP contribution in [0.5, 0.6) is 0 Å². The van der Waals surface area contributed by atoms with Gasteiger partial charge in [0.15, 0.2) is 0 Å². The predicted molar refractivity (Wildman–Crippen MR) is 57.5 cm³/mol. The molecular formula is C10H19F3N2O2. The smallest absolute Gasteiger partial charge is 0.396 e. The molecule has 0 aliphatic rings. The highest BCUT2D eigenvalue weighted by molar-refractivity contribution is 5.81. The summed E-state index contributed by atoms with van der Waals surface area (Å²) >= 11 is 0. The molecule has 0 aliphatic heterocycles. The van der Waals surface area contributed by atoms with Crippen molar-refractivity contribution in [3.8, 4) is 0 Å². The molecule has 0 spiro atoms. The zero-order chi connectivity index (χ0) is 13.3. The van der Waals surface area contributed by atoms with Gasteiger partial charge in [-0.15, -0.1) is 0 Å². The molecule has 0 heterocycles. The van der Waals surface area contributed by atoms with Crippen LogP contribution in [0.3, 0.4) is 0 Å². The van der Waals surface area contributed by atoms with Crippen LogP contribution in [-0.4, -0.2) is 42.9 Å². The fourth-order valence-corrected chi connectivity index (χ4v) is 1.17. The first-order valence-electron chi connectivity index (χ1n) is 5.55. The van der Waals surface area contributed by atoms with Crippen molar-refractivity contribution < 1.29 is 23.1 Å². The highest BCUT2D eigenvalue weighted by Gasteiger charge is 2.28. The van der Waals surface area contributed by atoms with Crippen LogP contribution >= 0.6 is 0 Å². The maximum atomic E-state index is 11.8. The number of carbonyl (C=O) groups excluding carboxylic acids is 1. The van der Waals surface area contributed by atoms with Crippen molar-refractivity contribution >= 4 is 5.91 Å². The third-order valence-electron chi connectivity index (χ3n) is 2.14. The molecule has 0 aliphatic carbocycles. The van der Waals surface area contributed by atoms with Gasteiger partial charge in [0.1, 0.15) is 6.54 Å². The van der Waals surface area contributed by atoms with Gasteiger partial charge in [-0.2, -0.15) is 13.2 Å². The lowest BCUT2D eigenvalue weighted by molar-refractivity contribution is -0.139. The largest absolute Gasteiger partial charge is 0.405 e. The van der Waals surface area contributed by atoms with Crippen molar-refractivity contribution in [1.82, 2.24) is 10.6 Å². The van der Waals surface area contributed by atoms with E-state index in [4.69, 9.17) is 5.11 Å². The number of alkyl halides is 3. The summed E-state index contributed by atoms with van der Waals surface area (Å²) in [6, 6.07) is -0.647. The van der Waals surface area contributed by atoms with Gasteiger partial charge in [0.25, 0.3) is 0 Å². The number of carbonyl (C=O) groups is 1. The van der Waals surface area contributed by atoms with E-state index in [0.717, 1.165) is 12.8 Å². The van der Waals surface area contributed by atoms with Gasteiger partial charge >= 0.3 is 6.18 Å². The van der Waals surface area contributed by atoms with Gasteiger partial charge < -0.3 is 15.7 Å². The second kappa shape index (κ2) is 8.30. The lowest BCUT2D eigenvalue weighted by Gasteiger charge is -2.14. The second-order valence-corrected chi connectivity index (χ2v) is 3.79. The Hall–Kier alpha value is -0.820. The van der Waals surface area contributed by atoms with E-state index >= 15 is 0 Å². The van der Waals surface area contributed by atoms with Crippen molar-refractivity contribution in [1.29, 1.82) is 0 Å². The Balaban J connectivity index is 3.61. The molecule has 0 aromatic carbocycles. The summed E-state index contributed by atoms with van der Waals surface area (Å²) in [6.07, 6.45) is -2.09. The Labute approximate surface area is 98.6 Å². The number of amides is 1. The SMILES string of the molecule is CC(NCCCCCO)C(=O)NCC(F)(F)F. The molecule has 17 heavy (non-hydrogen) atoms. The molecule has 0 radical (unpaired) electrons. The van der Waals surface area contributed by atoms with Crippen molar-refractivity contribution in [3.05, 3.63) is 0 Å². The summed E-state index contributed by atoms with van der Waals surface area (Å²) in [6.45, 7) is 0.877. The molecule has 0 saturated carbocycles. The minimum atomic E-state index is -4.38. The van der Waals surface area contributed by atoms with Crippen LogP contribution in [0, 0.1) is 0 Å². The average molecular weight is 256 g/mol. The molecule has 0 bridgehead atoms. The molecule has 102 valence electrons. The Morgan fingerprint density at radius 2 is 1.94 bits per heavy atom. The van der Waals surface area contributed by atoms with Crippen molar-refractivity contribution in [2.45, 2.75) is 38.4 Å². The zero-order valence-electron chi connectivity index (χ0n) is 9.81. The highest BCUT2D eigenvalue weighted by Crippen LogP contribution is 2.12. The Morgan fingerprint density at radius 1 is 1.29 bits per heavy atom. The Bertz CT molecular complexity index is 222. The lowest BCUT2D eigenvalue weighted by Crippen LogP contribution is -2.45. The average Bonchev–Trinajstić information content (AvgIpc) is 2.24. The molecular weight excluding hydrogens is 237 g/mol. The predicted octanol–water partition coefficient (Wildman–Crippen LogP) is 0.806. The van der Waals surface area contributed by atoms with Gasteiger partial charge in [-0.3, -0.25) is 4.79 Å². The van der Waals surface area contributed by atoms with Crippen LogP contribution in [-0.2, 0) is 4.79 Å². The number of hydrogen-bond donors (Lipinski definition) is 3. The number of halogens is 3. The monoisotopic (exact) mass is 256 g/mol. The number of aliphatic hydroxyl groups is 1. The number of aliphatic hydroxyl groups excluding tert-OH is 1. The van der Waals surface area contributed by atoms with Crippen LogP contribution in [0.2, 0.25) is 0 Å². The molecule has 3 N–H and O–H groups in total. The van der Waals surface area contributed by atoms with Crippen LogP contribution < -0.4 is 10.6 Å². The van der Waals surface area contributed by atoms with Crippen LogP contribution in [0.1, 0.15) is 26.2 Å². The third-order valence-corrected chi connectivity index (χ3v) is 2.14. The summed E-state index contributed by atoms with van der Waals surface area (Å²) in [7, 11) is 0. The Kier molecular flexibility index (Phi) is 7.90. The van der Waals surface area contributed by atoms with Crippen molar-refractivity contribution in [2.24, 2.45) is 0 Å². The topological polar surface area (TPSA) is 61.4 Å². The lowest BCUT2D eigenvalue weighted by atomic mass is 10.2.